The molecule has 3 rings (SSSR count). The van der Waals surface area contributed by atoms with Gasteiger partial charge < -0.3 is 9.80 Å². The summed E-state index contributed by atoms with van der Waals surface area (Å²) in [6.45, 7) is 5.47. The van der Waals surface area contributed by atoms with E-state index in [-0.39, 0.29) is 5.92 Å². The van der Waals surface area contributed by atoms with Crippen molar-refractivity contribution in [1.29, 1.82) is 5.26 Å². The normalized spacial score (nSPS) is 25.1. The molecule has 4 heteroatoms. The molecule has 1 saturated heterocycles. The number of nitrogens with zero attached hydrogens (tertiary/aromatic N) is 3. The Kier molecular flexibility index (Phi) is 3.83. The van der Waals surface area contributed by atoms with Gasteiger partial charge in [-0.1, -0.05) is 19.1 Å². The molecule has 0 aromatic heterocycles. The van der Waals surface area contributed by atoms with Crippen molar-refractivity contribution in [2.75, 3.05) is 31.1 Å². The van der Waals surface area contributed by atoms with E-state index in [1.807, 2.05) is 29.2 Å². The van der Waals surface area contributed by atoms with Crippen molar-refractivity contribution in [2.24, 2.45) is 11.8 Å². The number of hydrogen-bond donors (Lipinski definition) is 0. The first-order valence-electron chi connectivity index (χ1n) is 7.73. The van der Waals surface area contributed by atoms with Crippen LogP contribution in [0.5, 0.6) is 0 Å². The Labute approximate surface area is 126 Å². The number of benzene rings is 1. The molecule has 1 aromatic carbocycles. The minimum atomic E-state index is 0.267. The third kappa shape index (κ3) is 2.87. The first kappa shape index (κ1) is 13.9. The number of hydrogen-bond acceptors (Lipinski definition) is 3. The van der Waals surface area contributed by atoms with Crippen molar-refractivity contribution >= 4 is 11.6 Å². The fourth-order valence-corrected chi connectivity index (χ4v) is 3.12. The van der Waals surface area contributed by atoms with Crippen LogP contribution >= 0.6 is 0 Å². The van der Waals surface area contributed by atoms with Crippen molar-refractivity contribution in [3.05, 3.63) is 29.8 Å². The number of amides is 1. The highest BCUT2D eigenvalue weighted by molar-refractivity contribution is 5.81. The maximum absolute atomic E-state index is 12.3. The predicted octanol–water partition coefficient (Wildman–Crippen LogP) is 2.25. The van der Waals surface area contributed by atoms with Gasteiger partial charge in [0.05, 0.1) is 11.3 Å². The zero-order valence-electron chi connectivity index (χ0n) is 12.5. The van der Waals surface area contributed by atoms with E-state index in [1.165, 1.54) is 0 Å². The fourth-order valence-electron chi connectivity index (χ4n) is 3.12. The first-order chi connectivity index (χ1) is 10.2. The molecule has 0 spiro atoms. The smallest absolute Gasteiger partial charge is 0.226 e. The van der Waals surface area contributed by atoms with Crippen molar-refractivity contribution < 1.29 is 4.79 Å². The number of para-hydroxylation sites is 1. The van der Waals surface area contributed by atoms with Crippen LogP contribution in [0.15, 0.2) is 24.3 Å². The highest BCUT2D eigenvalue weighted by Gasteiger charge is 2.41. The molecule has 1 saturated carbocycles. The molecule has 2 fully saturated rings. The first-order valence-corrected chi connectivity index (χ1v) is 7.73. The molecule has 21 heavy (non-hydrogen) atoms. The second-order valence-corrected chi connectivity index (χ2v) is 6.11. The van der Waals surface area contributed by atoms with Gasteiger partial charge in [0.2, 0.25) is 5.91 Å². The highest BCUT2D eigenvalue weighted by Crippen LogP contribution is 2.39. The van der Waals surface area contributed by atoms with Crippen LogP contribution < -0.4 is 4.90 Å². The van der Waals surface area contributed by atoms with Crippen molar-refractivity contribution in [1.82, 2.24) is 4.90 Å². The van der Waals surface area contributed by atoms with Crippen molar-refractivity contribution in [2.45, 2.75) is 19.8 Å². The minimum absolute atomic E-state index is 0.267. The van der Waals surface area contributed by atoms with Crippen molar-refractivity contribution in [3.8, 4) is 6.07 Å². The van der Waals surface area contributed by atoms with Gasteiger partial charge in [-0.25, -0.2) is 0 Å². The van der Waals surface area contributed by atoms with E-state index in [1.54, 1.807) is 0 Å². The van der Waals surface area contributed by atoms with Gasteiger partial charge in [-0.3, -0.25) is 4.79 Å². The Morgan fingerprint density at radius 2 is 2.00 bits per heavy atom. The van der Waals surface area contributed by atoms with E-state index in [0.29, 0.717) is 17.4 Å². The average molecular weight is 283 g/mol. The van der Waals surface area contributed by atoms with Gasteiger partial charge in [-0.05, 0) is 30.9 Å². The van der Waals surface area contributed by atoms with Crippen LogP contribution in [0.4, 0.5) is 5.69 Å². The lowest BCUT2D eigenvalue weighted by molar-refractivity contribution is -0.132. The number of carbonyl (C=O) groups excluding carboxylic acids is 1. The van der Waals surface area contributed by atoms with E-state index in [4.69, 9.17) is 0 Å². The van der Waals surface area contributed by atoms with Crippen LogP contribution in [0.25, 0.3) is 0 Å². The molecule has 0 bridgehead atoms. The van der Waals surface area contributed by atoms with E-state index >= 15 is 0 Å². The van der Waals surface area contributed by atoms with Crippen LogP contribution in [0.2, 0.25) is 0 Å². The number of nitriles is 1. The quantitative estimate of drug-likeness (QED) is 0.836. The Hall–Kier alpha value is -2.02. The predicted molar refractivity (Wildman–Crippen MR) is 81.8 cm³/mol. The SMILES string of the molecule is C[C@@H]1C[C@H]1C(=O)N1CCCN(c2ccccc2C#N)CC1. The number of rotatable bonds is 2. The molecule has 0 unspecified atom stereocenters. The van der Waals surface area contributed by atoms with Crippen LogP contribution in [-0.2, 0) is 4.79 Å². The molecule has 1 aliphatic carbocycles. The summed E-state index contributed by atoms with van der Waals surface area (Å²) in [5.74, 6) is 1.16. The Morgan fingerprint density at radius 3 is 2.71 bits per heavy atom. The summed E-state index contributed by atoms with van der Waals surface area (Å²) >= 11 is 0. The largest absolute Gasteiger partial charge is 0.369 e. The molecule has 0 radical (unpaired) electrons. The zero-order chi connectivity index (χ0) is 14.8. The van der Waals surface area contributed by atoms with Crippen LogP contribution in [0, 0.1) is 23.2 Å². The van der Waals surface area contributed by atoms with Crippen LogP contribution in [0.1, 0.15) is 25.3 Å². The molecule has 110 valence electrons. The Balaban J connectivity index is 1.68. The zero-order valence-corrected chi connectivity index (χ0v) is 12.5. The van der Waals surface area contributed by atoms with Crippen molar-refractivity contribution in [3.63, 3.8) is 0 Å². The standard InChI is InChI=1S/C17H21N3O/c1-13-11-15(13)17(21)20-8-4-7-19(9-10-20)16-6-3-2-5-14(16)12-18/h2-3,5-6,13,15H,4,7-11H2,1H3/t13-,15-/m1/s1. The summed E-state index contributed by atoms with van der Waals surface area (Å²) in [5, 5.41) is 9.23. The maximum Gasteiger partial charge on any atom is 0.226 e. The molecule has 0 N–H and O–H groups in total. The summed E-state index contributed by atoms with van der Waals surface area (Å²) in [7, 11) is 0. The minimum Gasteiger partial charge on any atom is -0.369 e. The number of carbonyl (C=O) groups is 1. The molecular weight excluding hydrogens is 262 g/mol. The van der Waals surface area contributed by atoms with Gasteiger partial charge in [0.15, 0.2) is 0 Å². The maximum atomic E-state index is 12.3. The monoisotopic (exact) mass is 283 g/mol. The molecule has 4 nitrogen and oxygen atoms in total. The van der Waals surface area contributed by atoms with Gasteiger partial charge in [0.25, 0.3) is 0 Å². The second kappa shape index (κ2) is 5.77. The molecular formula is C17H21N3O. The lowest BCUT2D eigenvalue weighted by Gasteiger charge is -2.24. The van der Waals surface area contributed by atoms with Gasteiger partial charge in [-0.2, -0.15) is 5.26 Å². The van der Waals surface area contributed by atoms with E-state index in [0.717, 1.165) is 44.7 Å². The molecule has 1 aromatic rings. The van der Waals surface area contributed by atoms with E-state index < -0.39 is 0 Å². The summed E-state index contributed by atoms with van der Waals surface area (Å²) in [6, 6.07) is 9.98. The summed E-state index contributed by atoms with van der Waals surface area (Å²) in [4.78, 5) is 16.6. The summed E-state index contributed by atoms with van der Waals surface area (Å²) in [5.41, 5.74) is 1.71. The van der Waals surface area contributed by atoms with E-state index in [2.05, 4.69) is 17.9 Å². The summed E-state index contributed by atoms with van der Waals surface area (Å²) < 4.78 is 0. The second-order valence-electron chi connectivity index (χ2n) is 6.11. The van der Waals surface area contributed by atoms with Crippen LogP contribution in [-0.4, -0.2) is 37.0 Å². The lowest BCUT2D eigenvalue weighted by atomic mass is 10.1. The Morgan fingerprint density at radius 1 is 1.24 bits per heavy atom. The van der Waals surface area contributed by atoms with E-state index in [9.17, 15) is 10.1 Å². The third-order valence-corrected chi connectivity index (χ3v) is 4.60. The highest BCUT2D eigenvalue weighted by atomic mass is 16.2. The topological polar surface area (TPSA) is 47.3 Å². The molecule has 2 aliphatic rings. The molecule has 2 atom stereocenters. The molecule has 1 amide bonds. The van der Waals surface area contributed by atoms with Crippen LogP contribution in [0.3, 0.4) is 0 Å². The van der Waals surface area contributed by atoms with Gasteiger partial charge in [0, 0.05) is 32.1 Å². The fraction of sp³-hybridized carbons (Fsp3) is 0.529. The lowest BCUT2D eigenvalue weighted by Crippen LogP contribution is -2.36. The van der Waals surface area contributed by atoms with Gasteiger partial charge in [0.1, 0.15) is 6.07 Å². The molecule has 1 aliphatic heterocycles. The third-order valence-electron chi connectivity index (χ3n) is 4.60. The molecule has 1 heterocycles. The van der Waals surface area contributed by atoms with Gasteiger partial charge in [-0.15, -0.1) is 0 Å². The Bertz CT molecular complexity index is 578. The van der Waals surface area contributed by atoms with Gasteiger partial charge >= 0.3 is 0 Å². The number of anilines is 1. The summed E-state index contributed by atoms with van der Waals surface area (Å²) in [6.07, 6.45) is 2.02. The average Bonchev–Trinajstić information content (AvgIpc) is 3.28.